The van der Waals surface area contributed by atoms with E-state index in [9.17, 15) is 0 Å². The van der Waals surface area contributed by atoms with Crippen LogP contribution in [0.15, 0.2) is 44.7 Å². The van der Waals surface area contributed by atoms with Crippen LogP contribution in [0.1, 0.15) is 17.9 Å². The van der Waals surface area contributed by atoms with Crippen molar-refractivity contribution in [3.8, 4) is 0 Å². The summed E-state index contributed by atoms with van der Waals surface area (Å²) < 4.78 is 15.9. The van der Waals surface area contributed by atoms with Gasteiger partial charge in [-0.3, -0.25) is 9.89 Å². The summed E-state index contributed by atoms with van der Waals surface area (Å²) in [4.78, 5) is 9.68. The molecule has 0 amide bonds. The highest BCUT2D eigenvalue weighted by molar-refractivity contribution is 5.80. The van der Waals surface area contributed by atoms with Crippen molar-refractivity contribution in [2.24, 2.45) is 10.9 Å². The lowest BCUT2D eigenvalue weighted by atomic mass is 10.1. The minimum atomic E-state index is 0.537. The minimum absolute atomic E-state index is 0.537. The third-order valence-corrected chi connectivity index (χ3v) is 5.31. The molecule has 28 heavy (non-hydrogen) atoms. The van der Waals surface area contributed by atoms with Crippen molar-refractivity contribution in [2.75, 3.05) is 52.5 Å². The van der Waals surface area contributed by atoms with E-state index in [1.165, 1.54) is 0 Å². The maximum Gasteiger partial charge on any atom is 0.194 e. The number of aromatic nitrogens is 1. The van der Waals surface area contributed by atoms with Crippen molar-refractivity contribution in [1.82, 2.24) is 20.3 Å². The number of rotatable bonds is 7. The van der Waals surface area contributed by atoms with Gasteiger partial charge in [-0.05, 0) is 18.6 Å². The number of furan rings is 1. The first-order valence-electron chi connectivity index (χ1n) is 10.1. The van der Waals surface area contributed by atoms with Crippen LogP contribution in [0.5, 0.6) is 0 Å². The fourth-order valence-corrected chi connectivity index (χ4v) is 3.63. The van der Waals surface area contributed by atoms with Gasteiger partial charge in [0, 0.05) is 70.8 Å². The Labute approximate surface area is 165 Å². The van der Waals surface area contributed by atoms with E-state index in [1.807, 2.05) is 18.2 Å². The summed E-state index contributed by atoms with van der Waals surface area (Å²) in [6.07, 6.45) is 5.31. The summed E-state index contributed by atoms with van der Waals surface area (Å²) in [5.41, 5.74) is 0.986. The van der Waals surface area contributed by atoms with Gasteiger partial charge in [0.15, 0.2) is 5.96 Å². The fourth-order valence-electron chi connectivity index (χ4n) is 3.63. The zero-order valence-corrected chi connectivity index (χ0v) is 16.3. The molecular formula is C20H29N5O3. The molecule has 2 aliphatic heterocycles. The number of piperazine rings is 1. The second-order valence-electron chi connectivity index (χ2n) is 7.40. The van der Waals surface area contributed by atoms with Crippen molar-refractivity contribution >= 4 is 5.96 Å². The molecule has 0 spiro atoms. The number of hydrogen-bond acceptors (Lipinski definition) is 6. The maximum absolute atomic E-state index is 5.49. The highest BCUT2D eigenvalue weighted by atomic mass is 16.5. The summed E-state index contributed by atoms with van der Waals surface area (Å²) in [5.74, 6) is 2.53. The van der Waals surface area contributed by atoms with Crippen LogP contribution in [-0.2, 0) is 17.7 Å². The van der Waals surface area contributed by atoms with Crippen LogP contribution in [0, 0.1) is 5.92 Å². The lowest BCUT2D eigenvalue weighted by Gasteiger charge is -2.36. The largest absolute Gasteiger partial charge is 0.469 e. The first-order valence-corrected chi connectivity index (χ1v) is 10.1. The molecule has 0 bridgehead atoms. The molecule has 0 aliphatic carbocycles. The molecule has 1 unspecified atom stereocenters. The minimum Gasteiger partial charge on any atom is -0.469 e. The Morgan fingerprint density at radius 3 is 2.86 bits per heavy atom. The molecule has 152 valence electrons. The smallest absolute Gasteiger partial charge is 0.194 e. The van der Waals surface area contributed by atoms with E-state index in [4.69, 9.17) is 18.7 Å². The van der Waals surface area contributed by atoms with Crippen LogP contribution in [-0.4, -0.2) is 73.4 Å². The molecule has 1 atom stereocenters. The normalized spacial score (nSPS) is 21.4. The third kappa shape index (κ3) is 5.36. The second kappa shape index (κ2) is 9.75. The van der Waals surface area contributed by atoms with Crippen molar-refractivity contribution in [1.29, 1.82) is 0 Å². The van der Waals surface area contributed by atoms with Gasteiger partial charge in [0.2, 0.25) is 0 Å². The monoisotopic (exact) mass is 387 g/mol. The first kappa shape index (κ1) is 19.0. The molecule has 2 aliphatic rings. The van der Waals surface area contributed by atoms with Gasteiger partial charge in [0.1, 0.15) is 12.0 Å². The van der Waals surface area contributed by atoms with Crippen molar-refractivity contribution in [3.63, 3.8) is 0 Å². The second-order valence-corrected chi connectivity index (χ2v) is 7.40. The van der Waals surface area contributed by atoms with E-state index in [1.54, 1.807) is 12.5 Å². The highest BCUT2D eigenvalue weighted by Gasteiger charge is 2.21. The zero-order valence-electron chi connectivity index (χ0n) is 16.3. The maximum atomic E-state index is 5.49. The zero-order chi connectivity index (χ0) is 19.0. The Balaban J connectivity index is 1.30. The van der Waals surface area contributed by atoms with Crippen LogP contribution in [0.2, 0.25) is 0 Å². The first-order chi connectivity index (χ1) is 13.9. The number of aliphatic imine (C=N–C) groups is 1. The molecule has 4 heterocycles. The van der Waals surface area contributed by atoms with Gasteiger partial charge in [-0.2, -0.15) is 0 Å². The van der Waals surface area contributed by atoms with Crippen molar-refractivity contribution < 1.29 is 13.7 Å². The van der Waals surface area contributed by atoms with Gasteiger partial charge >= 0.3 is 0 Å². The SMILES string of the molecule is c1coc(CCNC(=NCC2CCOC2)N2CCN(Cc3ccon3)CC2)c1. The lowest BCUT2D eigenvalue weighted by Crippen LogP contribution is -2.52. The van der Waals surface area contributed by atoms with Gasteiger partial charge in [-0.15, -0.1) is 0 Å². The number of nitrogens with one attached hydrogen (secondary N) is 1. The van der Waals surface area contributed by atoms with E-state index >= 15 is 0 Å². The molecule has 2 fully saturated rings. The van der Waals surface area contributed by atoms with Crippen molar-refractivity contribution in [3.05, 3.63) is 42.2 Å². The van der Waals surface area contributed by atoms with E-state index in [-0.39, 0.29) is 0 Å². The average molecular weight is 387 g/mol. The van der Waals surface area contributed by atoms with E-state index in [2.05, 4.69) is 20.3 Å². The standard InChI is InChI=1S/C20H29N5O3/c1-2-19(27-11-1)3-6-21-20(22-14-17-4-12-26-16-17)25-9-7-24(8-10-25)15-18-5-13-28-23-18/h1-2,5,11,13,17H,3-4,6-10,12,14-16H2,(H,21,22). The highest BCUT2D eigenvalue weighted by Crippen LogP contribution is 2.13. The molecule has 2 saturated heterocycles. The Hall–Kier alpha value is -2.32. The molecule has 2 aromatic heterocycles. The summed E-state index contributed by atoms with van der Waals surface area (Å²) in [7, 11) is 0. The Bertz CT molecular complexity index is 702. The lowest BCUT2D eigenvalue weighted by molar-refractivity contribution is 0.168. The molecular weight excluding hydrogens is 358 g/mol. The molecule has 2 aromatic rings. The van der Waals surface area contributed by atoms with E-state index in [0.29, 0.717) is 5.92 Å². The van der Waals surface area contributed by atoms with E-state index < -0.39 is 0 Å². The van der Waals surface area contributed by atoms with E-state index in [0.717, 1.165) is 89.3 Å². The Morgan fingerprint density at radius 1 is 1.21 bits per heavy atom. The van der Waals surface area contributed by atoms with Gasteiger partial charge in [-0.25, -0.2) is 0 Å². The quantitative estimate of drug-likeness (QED) is 0.571. The van der Waals surface area contributed by atoms with Crippen LogP contribution >= 0.6 is 0 Å². The summed E-state index contributed by atoms with van der Waals surface area (Å²) in [5, 5.41) is 7.56. The molecule has 0 aromatic carbocycles. The fraction of sp³-hybridized carbons (Fsp3) is 0.600. The van der Waals surface area contributed by atoms with Crippen LogP contribution in [0.25, 0.3) is 0 Å². The van der Waals surface area contributed by atoms with Gasteiger partial charge < -0.3 is 23.9 Å². The molecule has 1 N–H and O–H groups in total. The molecule has 8 heteroatoms. The number of nitrogens with zero attached hydrogens (tertiary/aromatic N) is 4. The average Bonchev–Trinajstić information content (AvgIpc) is 3.49. The third-order valence-electron chi connectivity index (χ3n) is 5.31. The summed E-state index contributed by atoms with van der Waals surface area (Å²) in [6.45, 7) is 8.03. The molecule has 0 radical (unpaired) electrons. The predicted molar refractivity (Wildman–Crippen MR) is 105 cm³/mol. The summed E-state index contributed by atoms with van der Waals surface area (Å²) in [6, 6.07) is 5.87. The number of guanidine groups is 1. The van der Waals surface area contributed by atoms with Crippen molar-refractivity contribution in [2.45, 2.75) is 19.4 Å². The predicted octanol–water partition coefficient (Wildman–Crippen LogP) is 1.61. The molecule has 4 rings (SSSR count). The van der Waals surface area contributed by atoms with Crippen LogP contribution in [0.4, 0.5) is 0 Å². The summed E-state index contributed by atoms with van der Waals surface area (Å²) >= 11 is 0. The van der Waals surface area contributed by atoms with Gasteiger partial charge in [0.05, 0.1) is 18.6 Å². The van der Waals surface area contributed by atoms with Gasteiger partial charge in [0.25, 0.3) is 0 Å². The topological polar surface area (TPSA) is 79.3 Å². The Kier molecular flexibility index (Phi) is 6.62. The Morgan fingerprint density at radius 2 is 2.14 bits per heavy atom. The van der Waals surface area contributed by atoms with Gasteiger partial charge in [-0.1, -0.05) is 5.16 Å². The van der Waals surface area contributed by atoms with Crippen LogP contribution < -0.4 is 5.32 Å². The number of hydrogen-bond donors (Lipinski definition) is 1. The molecule has 8 nitrogen and oxygen atoms in total. The number of ether oxygens (including phenoxy) is 1. The van der Waals surface area contributed by atoms with Crippen LogP contribution in [0.3, 0.4) is 0 Å². The molecule has 0 saturated carbocycles.